The van der Waals surface area contributed by atoms with Crippen molar-refractivity contribution >= 4 is 45.7 Å². The topological polar surface area (TPSA) is 54.9 Å². The van der Waals surface area contributed by atoms with Crippen molar-refractivity contribution in [1.82, 2.24) is 10.2 Å². The van der Waals surface area contributed by atoms with Gasteiger partial charge in [0.15, 0.2) is 0 Å². The third-order valence-corrected chi connectivity index (χ3v) is 4.63. The lowest BCUT2D eigenvalue weighted by Crippen LogP contribution is -2.20. The summed E-state index contributed by atoms with van der Waals surface area (Å²) in [6.45, 7) is 1.62. The largest absolute Gasteiger partial charge is 0.299 e. The van der Waals surface area contributed by atoms with Crippen molar-refractivity contribution in [3.63, 3.8) is 0 Å². The van der Waals surface area contributed by atoms with Gasteiger partial charge in [0.2, 0.25) is 11.0 Å². The predicted molar refractivity (Wildman–Crippen MR) is 85.3 cm³/mol. The molecule has 0 radical (unpaired) electrons. The standard InChI is InChI=1S/C13H14ClN3OS2/c1-9(14)12(18)15-13-17-16-11(20-13)8-19-7-10-5-3-2-4-6-10/h2-6,9H,7-8H2,1H3,(H,15,17,18). The molecule has 2 aromatic rings. The van der Waals surface area contributed by atoms with Gasteiger partial charge in [0.05, 0.1) is 0 Å². The molecule has 1 heterocycles. The van der Waals surface area contributed by atoms with Crippen molar-refractivity contribution in [2.24, 2.45) is 0 Å². The van der Waals surface area contributed by atoms with Gasteiger partial charge in [0, 0.05) is 11.5 Å². The molecule has 0 saturated carbocycles. The molecule has 0 aliphatic heterocycles. The number of carbonyl (C=O) groups excluding carboxylic acids is 1. The Balaban J connectivity index is 1.80. The molecule has 0 spiro atoms. The van der Waals surface area contributed by atoms with Gasteiger partial charge in [-0.25, -0.2) is 0 Å². The Hall–Kier alpha value is -1.11. The van der Waals surface area contributed by atoms with E-state index in [1.54, 1.807) is 18.7 Å². The van der Waals surface area contributed by atoms with Gasteiger partial charge in [-0.2, -0.15) is 0 Å². The summed E-state index contributed by atoms with van der Waals surface area (Å²) in [5.74, 6) is 1.45. The molecule has 20 heavy (non-hydrogen) atoms. The molecular formula is C13H14ClN3OS2. The highest BCUT2D eigenvalue weighted by Gasteiger charge is 2.12. The molecule has 0 saturated heterocycles. The normalized spacial score (nSPS) is 12.1. The summed E-state index contributed by atoms with van der Waals surface area (Å²) >= 11 is 8.82. The first kappa shape index (κ1) is 15.3. The Morgan fingerprint density at radius 2 is 2.10 bits per heavy atom. The number of hydrogen-bond acceptors (Lipinski definition) is 5. The van der Waals surface area contributed by atoms with E-state index in [0.717, 1.165) is 16.5 Å². The van der Waals surface area contributed by atoms with Crippen molar-refractivity contribution in [1.29, 1.82) is 0 Å². The fourth-order valence-electron chi connectivity index (χ4n) is 1.40. The van der Waals surface area contributed by atoms with E-state index in [1.807, 2.05) is 18.2 Å². The van der Waals surface area contributed by atoms with Gasteiger partial charge >= 0.3 is 0 Å². The molecule has 1 atom stereocenters. The minimum Gasteiger partial charge on any atom is -0.299 e. The molecule has 0 fully saturated rings. The molecule has 1 aromatic carbocycles. The maximum absolute atomic E-state index is 11.4. The predicted octanol–water partition coefficient (Wildman–Crippen LogP) is 3.54. The summed E-state index contributed by atoms with van der Waals surface area (Å²) in [5, 5.41) is 11.4. The highest BCUT2D eigenvalue weighted by molar-refractivity contribution is 7.97. The van der Waals surface area contributed by atoms with Crippen LogP contribution in [0.25, 0.3) is 0 Å². The Kier molecular flexibility index (Phi) is 5.82. The average molecular weight is 328 g/mol. The second-order valence-corrected chi connectivity index (χ2v) is 6.79. The zero-order valence-electron chi connectivity index (χ0n) is 10.9. The maximum atomic E-state index is 11.4. The molecule has 1 amide bonds. The number of thioether (sulfide) groups is 1. The summed E-state index contributed by atoms with van der Waals surface area (Å²) in [7, 11) is 0. The molecule has 106 valence electrons. The van der Waals surface area contributed by atoms with Crippen LogP contribution >= 0.6 is 34.7 Å². The number of alkyl halides is 1. The zero-order valence-corrected chi connectivity index (χ0v) is 13.3. The molecule has 2 rings (SSSR count). The first-order valence-corrected chi connectivity index (χ1v) is 8.45. The lowest BCUT2D eigenvalue weighted by Gasteiger charge is -2.00. The number of carbonyl (C=O) groups is 1. The number of nitrogens with zero attached hydrogens (tertiary/aromatic N) is 2. The monoisotopic (exact) mass is 327 g/mol. The van der Waals surface area contributed by atoms with Crippen molar-refractivity contribution in [3.05, 3.63) is 40.9 Å². The number of amides is 1. The van der Waals surface area contributed by atoms with Gasteiger partial charge in [0.1, 0.15) is 10.4 Å². The van der Waals surface area contributed by atoms with Gasteiger partial charge in [-0.1, -0.05) is 41.7 Å². The number of aromatic nitrogens is 2. The Morgan fingerprint density at radius 3 is 2.80 bits per heavy atom. The number of nitrogens with one attached hydrogen (secondary N) is 1. The average Bonchev–Trinajstić information content (AvgIpc) is 2.87. The summed E-state index contributed by atoms with van der Waals surface area (Å²) in [4.78, 5) is 11.4. The number of anilines is 1. The maximum Gasteiger partial charge on any atom is 0.243 e. The fraction of sp³-hybridized carbons (Fsp3) is 0.308. The molecule has 0 aliphatic carbocycles. The fourth-order valence-corrected chi connectivity index (χ4v) is 3.24. The van der Waals surface area contributed by atoms with Crippen molar-refractivity contribution < 1.29 is 4.79 Å². The summed E-state index contributed by atoms with van der Waals surface area (Å²) in [6.07, 6.45) is 0. The van der Waals surface area contributed by atoms with Gasteiger partial charge < -0.3 is 0 Å². The minimum atomic E-state index is -0.574. The van der Waals surface area contributed by atoms with Crippen LogP contribution in [0.1, 0.15) is 17.5 Å². The van der Waals surface area contributed by atoms with Gasteiger partial charge in [-0.15, -0.1) is 33.6 Å². The summed E-state index contributed by atoms with van der Waals surface area (Å²) < 4.78 is 0. The van der Waals surface area contributed by atoms with E-state index in [0.29, 0.717) is 5.13 Å². The van der Waals surface area contributed by atoms with Crippen LogP contribution in [0.3, 0.4) is 0 Å². The van der Waals surface area contributed by atoms with Crippen LogP contribution in [-0.2, 0) is 16.3 Å². The van der Waals surface area contributed by atoms with E-state index in [9.17, 15) is 4.79 Å². The highest BCUT2D eigenvalue weighted by atomic mass is 35.5. The number of benzene rings is 1. The lowest BCUT2D eigenvalue weighted by molar-refractivity contribution is -0.115. The van der Waals surface area contributed by atoms with Crippen molar-refractivity contribution in [2.75, 3.05) is 5.32 Å². The van der Waals surface area contributed by atoms with E-state index < -0.39 is 5.38 Å². The van der Waals surface area contributed by atoms with Crippen molar-refractivity contribution in [2.45, 2.75) is 23.8 Å². The minimum absolute atomic E-state index is 0.258. The first-order chi connectivity index (χ1) is 9.65. The quantitative estimate of drug-likeness (QED) is 0.824. The Labute approximate surface area is 130 Å². The second-order valence-electron chi connectivity index (χ2n) is 4.08. The molecule has 0 aliphatic rings. The van der Waals surface area contributed by atoms with Crippen LogP contribution in [0.2, 0.25) is 0 Å². The van der Waals surface area contributed by atoms with Crippen LogP contribution in [0, 0.1) is 0 Å². The first-order valence-electron chi connectivity index (χ1n) is 6.04. The summed E-state index contributed by atoms with van der Waals surface area (Å²) in [6, 6.07) is 10.3. The molecule has 1 unspecified atom stereocenters. The SMILES string of the molecule is CC(Cl)C(=O)Nc1nnc(CSCc2ccccc2)s1. The number of halogens is 1. The van der Waals surface area contributed by atoms with Crippen molar-refractivity contribution in [3.8, 4) is 0 Å². The molecule has 4 nitrogen and oxygen atoms in total. The molecular weight excluding hydrogens is 314 g/mol. The Morgan fingerprint density at radius 1 is 1.35 bits per heavy atom. The molecule has 7 heteroatoms. The van der Waals surface area contributed by atoms with Crippen LogP contribution in [-0.4, -0.2) is 21.5 Å². The third kappa shape index (κ3) is 4.77. The second kappa shape index (κ2) is 7.61. The third-order valence-electron chi connectivity index (χ3n) is 2.40. The van der Waals surface area contributed by atoms with E-state index in [1.165, 1.54) is 16.9 Å². The smallest absolute Gasteiger partial charge is 0.243 e. The van der Waals surface area contributed by atoms with Gasteiger partial charge in [0.25, 0.3) is 0 Å². The molecule has 1 N–H and O–H groups in total. The van der Waals surface area contributed by atoms with Crippen LogP contribution in [0.4, 0.5) is 5.13 Å². The van der Waals surface area contributed by atoms with Crippen LogP contribution < -0.4 is 5.32 Å². The van der Waals surface area contributed by atoms with Gasteiger partial charge in [-0.3, -0.25) is 10.1 Å². The highest BCUT2D eigenvalue weighted by Crippen LogP contribution is 2.22. The Bertz CT molecular complexity index is 560. The molecule has 0 bridgehead atoms. The lowest BCUT2D eigenvalue weighted by atomic mass is 10.2. The number of hydrogen-bond donors (Lipinski definition) is 1. The van der Waals surface area contributed by atoms with Crippen LogP contribution in [0.5, 0.6) is 0 Å². The van der Waals surface area contributed by atoms with E-state index in [4.69, 9.17) is 11.6 Å². The van der Waals surface area contributed by atoms with E-state index in [-0.39, 0.29) is 5.91 Å². The van der Waals surface area contributed by atoms with E-state index in [2.05, 4.69) is 27.6 Å². The number of rotatable bonds is 6. The summed E-state index contributed by atoms with van der Waals surface area (Å²) in [5.41, 5.74) is 1.28. The van der Waals surface area contributed by atoms with Crippen LogP contribution in [0.15, 0.2) is 30.3 Å². The van der Waals surface area contributed by atoms with E-state index >= 15 is 0 Å². The van der Waals surface area contributed by atoms with Gasteiger partial charge in [-0.05, 0) is 12.5 Å². The molecule has 1 aromatic heterocycles. The zero-order chi connectivity index (χ0) is 14.4.